The van der Waals surface area contributed by atoms with Gasteiger partial charge < -0.3 is 9.30 Å². The van der Waals surface area contributed by atoms with E-state index in [-0.39, 0.29) is 12.0 Å². The molecule has 1 aromatic carbocycles. The number of methoxy groups -OCH3 is 1. The number of esters is 1. The third-order valence-electron chi connectivity index (χ3n) is 3.35. The number of hydrogen-bond donors (Lipinski definition) is 0. The zero-order valence-electron chi connectivity index (χ0n) is 11.2. The molecule has 0 saturated carbocycles. The van der Waals surface area contributed by atoms with Gasteiger partial charge in [0, 0.05) is 6.04 Å². The first-order valence-electron chi connectivity index (χ1n) is 6.03. The van der Waals surface area contributed by atoms with Crippen LogP contribution >= 0.6 is 0 Å². The molecule has 18 heavy (non-hydrogen) atoms. The van der Waals surface area contributed by atoms with Crippen LogP contribution in [0.15, 0.2) is 18.5 Å². The number of aromatic nitrogens is 2. The summed E-state index contributed by atoms with van der Waals surface area (Å²) < 4.78 is 6.73. The van der Waals surface area contributed by atoms with Crippen molar-refractivity contribution in [1.29, 1.82) is 0 Å². The smallest absolute Gasteiger partial charge is 0.307 e. The average Bonchev–Trinajstić information content (AvgIpc) is 2.72. The number of rotatable bonds is 3. The second-order valence-corrected chi connectivity index (χ2v) is 4.71. The van der Waals surface area contributed by atoms with Crippen molar-refractivity contribution < 1.29 is 9.53 Å². The average molecular weight is 246 g/mol. The summed E-state index contributed by atoms with van der Waals surface area (Å²) in [4.78, 5) is 15.7. The van der Waals surface area contributed by atoms with Gasteiger partial charge in [0.15, 0.2) is 0 Å². The van der Waals surface area contributed by atoms with E-state index in [2.05, 4.69) is 31.0 Å². The summed E-state index contributed by atoms with van der Waals surface area (Å²) in [7, 11) is 1.41. The summed E-state index contributed by atoms with van der Waals surface area (Å²) in [6, 6.07) is 4.24. The van der Waals surface area contributed by atoms with E-state index in [0.29, 0.717) is 6.42 Å². The lowest BCUT2D eigenvalue weighted by molar-refractivity contribution is -0.141. The number of ether oxygens (including phenoxy) is 1. The van der Waals surface area contributed by atoms with Crippen molar-refractivity contribution in [3.05, 3.63) is 29.6 Å². The lowest BCUT2D eigenvalue weighted by Gasteiger charge is -2.13. The van der Waals surface area contributed by atoms with Gasteiger partial charge in [-0.3, -0.25) is 4.79 Å². The summed E-state index contributed by atoms with van der Waals surface area (Å²) in [6.45, 7) is 6.15. The highest BCUT2D eigenvalue weighted by molar-refractivity contribution is 5.78. The van der Waals surface area contributed by atoms with Crippen LogP contribution in [0.5, 0.6) is 0 Å². The van der Waals surface area contributed by atoms with Gasteiger partial charge in [0.1, 0.15) is 0 Å². The van der Waals surface area contributed by atoms with Gasteiger partial charge in [-0.25, -0.2) is 4.98 Å². The van der Waals surface area contributed by atoms with Gasteiger partial charge in [0.2, 0.25) is 0 Å². The molecule has 0 fully saturated rings. The third-order valence-corrected chi connectivity index (χ3v) is 3.35. The molecule has 4 nitrogen and oxygen atoms in total. The Bertz CT molecular complexity index is 587. The number of benzene rings is 1. The van der Waals surface area contributed by atoms with Gasteiger partial charge in [-0.1, -0.05) is 0 Å². The van der Waals surface area contributed by atoms with Crippen molar-refractivity contribution in [1.82, 2.24) is 9.55 Å². The van der Waals surface area contributed by atoms with Crippen LogP contribution in [0.2, 0.25) is 0 Å². The minimum absolute atomic E-state index is 0.0459. The molecule has 4 heteroatoms. The fraction of sp³-hybridized carbons (Fsp3) is 0.429. The highest BCUT2D eigenvalue weighted by Crippen LogP contribution is 2.23. The maximum Gasteiger partial charge on any atom is 0.307 e. The third kappa shape index (κ3) is 2.23. The zero-order valence-corrected chi connectivity index (χ0v) is 11.2. The Balaban J connectivity index is 2.39. The summed E-state index contributed by atoms with van der Waals surface area (Å²) in [5.74, 6) is -0.201. The summed E-state index contributed by atoms with van der Waals surface area (Å²) >= 11 is 0. The number of nitrogens with zero attached hydrogens (tertiary/aromatic N) is 2. The van der Waals surface area contributed by atoms with Crippen LogP contribution in [-0.4, -0.2) is 22.6 Å². The van der Waals surface area contributed by atoms with E-state index >= 15 is 0 Å². The number of imidazole rings is 1. The largest absolute Gasteiger partial charge is 0.469 e. The lowest BCUT2D eigenvalue weighted by Crippen LogP contribution is -2.11. The lowest BCUT2D eigenvalue weighted by atomic mass is 10.1. The molecule has 0 aliphatic heterocycles. The number of carbonyl (C=O) groups excluding carboxylic acids is 1. The van der Waals surface area contributed by atoms with Crippen LogP contribution in [0.4, 0.5) is 0 Å². The van der Waals surface area contributed by atoms with Crippen molar-refractivity contribution in [2.75, 3.05) is 7.11 Å². The second-order valence-electron chi connectivity index (χ2n) is 4.71. The molecule has 0 bridgehead atoms. The normalized spacial score (nSPS) is 12.7. The van der Waals surface area contributed by atoms with Gasteiger partial charge in [-0.15, -0.1) is 0 Å². The number of carbonyl (C=O) groups is 1. The highest BCUT2D eigenvalue weighted by atomic mass is 16.5. The van der Waals surface area contributed by atoms with Crippen LogP contribution in [0.3, 0.4) is 0 Å². The zero-order chi connectivity index (χ0) is 13.3. The fourth-order valence-corrected chi connectivity index (χ4v) is 2.06. The van der Waals surface area contributed by atoms with E-state index in [1.807, 2.05) is 11.5 Å². The van der Waals surface area contributed by atoms with Crippen molar-refractivity contribution in [3.63, 3.8) is 0 Å². The van der Waals surface area contributed by atoms with E-state index in [1.165, 1.54) is 18.2 Å². The first-order chi connectivity index (χ1) is 8.52. The Hall–Kier alpha value is -1.84. The van der Waals surface area contributed by atoms with Crippen molar-refractivity contribution in [2.24, 2.45) is 0 Å². The predicted octanol–water partition coefficient (Wildman–Crippen LogP) is 2.78. The standard InChI is InChI=1S/C14H18N2O2/c1-9-5-12-13(6-10(9)2)16(8-15-12)11(3)7-14(17)18-4/h5-6,8,11H,7H2,1-4H3/t11-/m1/s1. The molecule has 0 aliphatic rings. The van der Waals surface area contributed by atoms with E-state index in [4.69, 9.17) is 4.74 Å². The molecule has 1 heterocycles. The Labute approximate surface area is 107 Å². The number of hydrogen-bond acceptors (Lipinski definition) is 3. The molecule has 0 unspecified atom stereocenters. The Morgan fingerprint density at radius 3 is 2.72 bits per heavy atom. The molecular formula is C14H18N2O2. The van der Waals surface area contributed by atoms with Crippen molar-refractivity contribution >= 4 is 17.0 Å². The SMILES string of the molecule is COC(=O)C[C@@H](C)n1cnc2cc(C)c(C)cc21. The van der Waals surface area contributed by atoms with E-state index in [0.717, 1.165) is 11.0 Å². The van der Waals surface area contributed by atoms with Gasteiger partial charge in [-0.05, 0) is 44.0 Å². The Morgan fingerprint density at radius 1 is 1.39 bits per heavy atom. The minimum atomic E-state index is -0.201. The van der Waals surface area contributed by atoms with E-state index in [9.17, 15) is 4.79 Å². The van der Waals surface area contributed by atoms with Gasteiger partial charge >= 0.3 is 5.97 Å². The quantitative estimate of drug-likeness (QED) is 0.782. The maximum atomic E-state index is 11.3. The van der Waals surface area contributed by atoms with Gasteiger partial charge in [0.05, 0.1) is 30.9 Å². The van der Waals surface area contributed by atoms with Crippen LogP contribution in [-0.2, 0) is 9.53 Å². The van der Waals surface area contributed by atoms with E-state index in [1.54, 1.807) is 6.33 Å². The minimum Gasteiger partial charge on any atom is -0.469 e. The Kier molecular flexibility index (Phi) is 3.36. The van der Waals surface area contributed by atoms with Crippen molar-refractivity contribution in [3.8, 4) is 0 Å². The summed E-state index contributed by atoms with van der Waals surface area (Å²) in [6.07, 6.45) is 2.14. The Morgan fingerprint density at radius 2 is 2.06 bits per heavy atom. The summed E-state index contributed by atoms with van der Waals surface area (Å²) in [5, 5.41) is 0. The monoisotopic (exact) mass is 246 g/mol. The highest BCUT2D eigenvalue weighted by Gasteiger charge is 2.14. The molecule has 0 amide bonds. The molecule has 0 saturated heterocycles. The number of aryl methyl sites for hydroxylation is 2. The van der Waals surface area contributed by atoms with E-state index < -0.39 is 0 Å². The molecule has 0 radical (unpaired) electrons. The van der Waals surface area contributed by atoms with Gasteiger partial charge in [-0.2, -0.15) is 0 Å². The van der Waals surface area contributed by atoms with Crippen molar-refractivity contribution in [2.45, 2.75) is 33.2 Å². The topological polar surface area (TPSA) is 44.1 Å². The first-order valence-corrected chi connectivity index (χ1v) is 6.03. The molecule has 1 aromatic heterocycles. The molecule has 0 aliphatic carbocycles. The molecular weight excluding hydrogens is 228 g/mol. The maximum absolute atomic E-state index is 11.3. The molecule has 1 atom stereocenters. The molecule has 2 aromatic rings. The summed E-state index contributed by atoms with van der Waals surface area (Å²) in [5.41, 5.74) is 4.49. The molecule has 96 valence electrons. The van der Waals surface area contributed by atoms with Crippen LogP contribution < -0.4 is 0 Å². The fourth-order valence-electron chi connectivity index (χ4n) is 2.06. The predicted molar refractivity (Wildman–Crippen MR) is 70.6 cm³/mol. The second kappa shape index (κ2) is 4.80. The number of fused-ring (bicyclic) bond motifs is 1. The van der Waals surface area contributed by atoms with Gasteiger partial charge in [0.25, 0.3) is 0 Å². The van der Waals surface area contributed by atoms with Crippen LogP contribution in [0, 0.1) is 13.8 Å². The van der Waals surface area contributed by atoms with Crippen LogP contribution in [0.1, 0.15) is 30.5 Å². The molecule has 2 rings (SSSR count). The van der Waals surface area contributed by atoms with Crippen LogP contribution in [0.25, 0.3) is 11.0 Å². The molecule has 0 N–H and O–H groups in total. The molecule has 0 spiro atoms. The first kappa shape index (κ1) is 12.6.